The highest BCUT2D eigenvalue weighted by molar-refractivity contribution is 5.78. The first kappa shape index (κ1) is 13.3. The summed E-state index contributed by atoms with van der Waals surface area (Å²) < 4.78 is 0. The fraction of sp³-hybridized carbons (Fsp3) is 0.286. The number of amides is 1. The average Bonchev–Trinajstić information content (AvgIpc) is 2.98. The lowest BCUT2D eigenvalue weighted by Crippen LogP contribution is -2.34. The first-order chi connectivity index (χ1) is 9.25. The number of hydrogen-bond donors (Lipinski definition) is 3. The molecule has 0 saturated heterocycles. The quantitative estimate of drug-likeness (QED) is 0.733. The van der Waals surface area contributed by atoms with E-state index in [1.807, 2.05) is 43.3 Å². The van der Waals surface area contributed by atoms with Gasteiger partial charge in [-0.1, -0.05) is 30.3 Å². The molecule has 1 aromatic heterocycles. The Labute approximate surface area is 112 Å². The highest BCUT2D eigenvalue weighted by Crippen LogP contribution is 2.06. The van der Waals surface area contributed by atoms with Gasteiger partial charge in [0.1, 0.15) is 0 Å². The zero-order valence-electron chi connectivity index (χ0n) is 10.9. The number of hydrogen-bond acceptors (Lipinski definition) is 3. The largest absolute Gasteiger partial charge is 0.351 e. The number of carbonyl (C=O) groups is 1. The highest BCUT2D eigenvalue weighted by atomic mass is 16.1. The minimum atomic E-state index is -0.0183. The SMILES string of the molecule is CC(NCC(=O)NCc1ccccc1)c1ccn[nH]1. The third-order valence-electron chi connectivity index (χ3n) is 2.89. The second-order valence-electron chi connectivity index (χ2n) is 4.38. The summed E-state index contributed by atoms with van der Waals surface area (Å²) in [6, 6.07) is 11.8. The van der Waals surface area contributed by atoms with Gasteiger partial charge in [0.05, 0.1) is 12.2 Å². The Bertz CT molecular complexity index is 495. The molecule has 2 rings (SSSR count). The van der Waals surface area contributed by atoms with E-state index < -0.39 is 0 Å². The van der Waals surface area contributed by atoms with Crippen LogP contribution in [0.2, 0.25) is 0 Å². The van der Waals surface area contributed by atoms with Crippen molar-refractivity contribution in [3.8, 4) is 0 Å². The van der Waals surface area contributed by atoms with Crippen LogP contribution >= 0.6 is 0 Å². The maximum absolute atomic E-state index is 11.7. The van der Waals surface area contributed by atoms with Crippen molar-refractivity contribution in [2.24, 2.45) is 0 Å². The Hall–Kier alpha value is -2.14. The van der Waals surface area contributed by atoms with E-state index in [0.717, 1.165) is 11.3 Å². The molecule has 0 radical (unpaired) electrons. The normalized spacial score (nSPS) is 12.1. The Balaban J connectivity index is 1.70. The summed E-state index contributed by atoms with van der Waals surface area (Å²) in [4.78, 5) is 11.7. The van der Waals surface area contributed by atoms with Crippen LogP contribution < -0.4 is 10.6 Å². The van der Waals surface area contributed by atoms with Crippen LogP contribution in [-0.4, -0.2) is 22.6 Å². The van der Waals surface area contributed by atoms with Gasteiger partial charge in [0.2, 0.25) is 5.91 Å². The minimum Gasteiger partial charge on any atom is -0.351 e. The summed E-state index contributed by atoms with van der Waals surface area (Å²) >= 11 is 0. The number of nitrogens with one attached hydrogen (secondary N) is 3. The molecule has 0 aliphatic heterocycles. The number of rotatable bonds is 6. The van der Waals surface area contributed by atoms with E-state index in [0.29, 0.717) is 6.54 Å². The van der Waals surface area contributed by atoms with Crippen molar-refractivity contribution >= 4 is 5.91 Å². The Morgan fingerprint density at radius 2 is 2.11 bits per heavy atom. The molecule has 1 aromatic carbocycles. The lowest BCUT2D eigenvalue weighted by Gasteiger charge is -2.12. The van der Waals surface area contributed by atoms with Crippen molar-refractivity contribution in [3.63, 3.8) is 0 Å². The molecule has 1 atom stereocenters. The Morgan fingerprint density at radius 1 is 1.32 bits per heavy atom. The van der Waals surface area contributed by atoms with Crippen molar-refractivity contribution in [2.45, 2.75) is 19.5 Å². The Kier molecular flexibility index (Phi) is 4.69. The number of nitrogens with zero attached hydrogens (tertiary/aromatic N) is 1. The molecule has 5 heteroatoms. The minimum absolute atomic E-state index is 0.0183. The van der Waals surface area contributed by atoms with Crippen LogP contribution in [0, 0.1) is 0 Å². The highest BCUT2D eigenvalue weighted by Gasteiger charge is 2.08. The first-order valence-corrected chi connectivity index (χ1v) is 6.29. The molecule has 19 heavy (non-hydrogen) atoms. The number of carbonyl (C=O) groups excluding carboxylic acids is 1. The van der Waals surface area contributed by atoms with E-state index in [4.69, 9.17) is 0 Å². The van der Waals surface area contributed by atoms with Gasteiger partial charge >= 0.3 is 0 Å². The number of aromatic nitrogens is 2. The van der Waals surface area contributed by atoms with Crippen LogP contribution in [0.4, 0.5) is 0 Å². The van der Waals surface area contributed by atoms with E-state index in [1.165, 1.54) is 0 Å². The van der Waals surface area contributed by atoms with Gasteiger partial charge < -0.3 is 10.6 Å². The molecular formula is C14H18N4O. The molecule has 100 valence electrons. The van der Waals surface area contributed by atoms with E-state index in [1.54, 1.807) is 6.20 Å². The summed E-state index contributed by atoms with van der Waals surface area (Å²) in [5, 5.41) is 12.8. The molecule has 0 bridgehead atoms. The summed E-state index contributed by atoms with van der Waals surface area (Å²) in [7, 11) is 0. The molecular weight excluding hydrogens is 240 g/mol. The summed E-state index contributed by atoms with van der Waals surface area (Å²) in [5.41, 5.74) is 2.06. The maximum atomic E-state index is 11.7. The smallest absolute Gasteiger partial charge is 0.234 e. The molecule has 0 aliphatic carbocycles. The monoisotopic (exact) mass is 258 g/mol. The summed E-state index contributed by atoms with van der Waals surface area (Å²) in [6.45, 7) is 2.82. The van der Waals surface area contributed by atoms with Gasteiger partial charge in [-0.2, -0.15) is 5.10 Å². The lowest BCUT2D eigenvalue weighted by molar-refractivity contribution is -0.120. The van der Waals surface area contributed by atoms with Gasteiger partial charge in [-0.25, -0.2) is 0 Å². The molecule has 5 nitrogen and oxygen atoms in total. The van der Waals surface area contributed by atoms with Gasteiger partial charge in [0.15, 0.2) is 0 Å². The predicted molar refractivity (Wildman–Crippen MR) is 73.3 cm³/mol. The maximum Gasteiger partial charge on any atom is 0.234 e. The third kappa shape index (κ3) is 4.22. The molecule has 0 spiro atoms. The average molecular weight is 258 g/mol. The van der Waals surface area contributed by atoms with Crippen molar-refractivity contribution in [1.82, 2.24) is 20.8 Å². The number of benzene rings is 1. The first-order valence-electron chi connectivity index (χ1n) is 6.29. The summed E-state index contributed by atoms with van der Waals surface area (Å²) in [6.07, 6.45) is 1.70. The van der Waals surface area contributed by atoms with E-state index >= 15 is 0 Å². The molecule has 3 N–H and O–H groups in total. The van der Waals surface area contributed by atoms with Gasteiger partial charge in [0, 0.05) is 18.8 Å². The topological polar surface area (TPSA) is 69.8 Å². The third-order valence-corrected chi connectivity index (χ3v) is 2.89. The predicted octanol–water partition coefficient (Wildman–Crippen LogP) is 1.38. The zero-order valence-corrected chi connectivity index (χ0v) is 10.9. The zero-order chi connectivity index (χ0) is 13.5. The van der Waals surface area contributed by atoms with Gasteiger partial charge in [0.25, 0.3) is 0 Å². The molecule has 1 unspecified atom stereocenters. The van der Waals surface area contributed by atoms with E-state index in [9.17, 15) is 4.79 Å². The van der Waals surface area contributed by atoms with Crippen molar-refractivity contribution < 1.29 is 4.79 Å². The number of aromatic amines is 1. The fourth-order valence-corrected chi connectivity index (χ4v) is 1.72. The van der Waals surface area contributed by atoms with Crippen LogP contribution in [0.5, 0.6) is 0 Å². The Morgan fingerprint density at radius 3 is 2.79 bits per heavy atom. The van der Waals surface area contributed by atoms with Crippen molar-refractivity contribution in [3.05, 3.63) is 53.9 Å². The molecule has 1 amide bonds. The summed E-state index contributed by atoms with van der Waals surface area (Å²) in [5.74, 6) is -0.0183. The molecule has 0 aliphatic rings. The standard InChI is InChI=1S/C14H18N4O/c1-11(13-7-8-17-18-13)15-10-14(19)16-9-12-5-3-2-4-6-12/h2-8,11,15H,9-10H2,1H3,(H,16,19)(H,17,18). The van der Waals surface area contributed by atoms with Crippen LogP contribution in [0.15, 0.2) is 42.6 Å². The second-order valence-corrected chi connectivity index (χ2v) is 4.38. The van der Waals surface area contributed by atoms with Crippen LogP contribution in [0.1, 0.15) is 24.2 Å². The molecule has 0 fully saturated rings. The van der Waals surface area contributed by atoms with E-state index in [-0.39, 0.29) is 18.5 Å². The van der Waals surface area contributed by atoms with Crippen LogP contribution in [0.25, 0.3) is 0 Å². The van der Waals surface area contributed by atoms with Gasteiger partial charge in [-0.15, -0.1) is 0 Å². The van der Waals surface area contributed by atoms with Crippen molar-refractivity contribution in [2.75, 3.05) is 6.54 Å². The lowest BCUT2D eigenvalue weighted by atomic mass is 10.2. The van der Waals surface area contributed by atoms with Crippen LogP contribution in [0.3, 0.4) is 0 Å². The second kappa shape index (κ2) is 6.70. The fourth-order valence-electron chi connectivity index (χ4n) is 1.72. The molecule has 0 saturated carbocycles. The number of H-pyrrole nitrogens is 1. The van der Waals surface area contributed by atoms with Crippen molar-refractivity contribution in [1.29, 1.82) is 0 Å². The van der Waals surface area contributed by atoms with Gasteiger partial charge in [-0.05, 0) is 18.6 Å². The molecule has 1 heterocycles. The van der Waals surface area contributed by atoms with E-state index in [2.05, 4.69) is 20.8 Å². The van der Waals surface area contributed by atoms with Crippen LogP contribution in [-0.2, 0) is 11.3 Å². The van der Waals surface area contributed by atoms with Gasteiger partial charge in [-0.3, -0.25) is 9.89 Å². The molecule has 2 aromatic rings.